The number of methoxy groups -OCH3 is 1. The smallest absolute Gasteiger partial charge is 0.243 e. The fraction of sp³-hybridized carbons (Fsp3) is 0.333. The van der Waals surface area contributed by atoms with E-state index >= 15 is 0 Å². The summed E-state index contributed by atoms with van der Waals surface area (Å²) in [4.78, 5) is 28.7. The van der Waals surface area contributed by atoms with Gasteiger partial charge in [0, 0.05) is 48.1 Å². The SMILES string of the molecule is CCNC(=O)[C@H](Cc1ccccc1)N(Cc1c(Cl)cccc1Cl)C(=O)CCCN(c1ccc(OC)cc1)S(C)(=O)=O. The lowest BCUT2D eigenvalue weighted by atomic mass is 10.0. The van der Waals surface area contributed by atoms with Gasteiger partial charge in [-0.2, -0.15) is 0 Å². The van der Waals surface area contributed by atoms with Crippen LogP contribution in [-0.4, -0.2) is 57.6 Å². The highest BCUT2D eigenvalue weighted by molar-refractivity contribution is 7.92. The van der Waals surface area contributed by atoms with Crippen molar-refractivity contribution in [3.8, 4) is 5.75 Å². The van der Waals surface area contributed by atoms with Crippen molar-refractivity contribution >= 4 is 50.7 Å². The van der Waals surface area contributed by atoms with Gasteiger partial charge in [0.2, 0.25) is 21.8 Å². The Labute approximate surface area is 252 Å². The van der Waals surface area contributed by atoms with E-state index < -0.39 is 16.1 Å². The van der Waals surface area contributed by atoms with E-state index in [9.17, 15) is 18.0 Å². The second-order valence-corrected chi connectivity index (χ2v) is 12.2. The molecular formula is C30H35Cl2N3O5S. The molecule has 2 amide bonds. The molecule has 0 heterocycles. The zero-order chi connectivity index (χ0) is 30.0. The van der Waals surface area contributed by atoms with Crippen LogP contribution in [0.25, 0.3) is 0 Å². The number of carbonyl (C=O) groups is 2. The number of amides is 2. The molecule has 0 fully saturated rings. The van der Waals surface area contributed by atoms with Crippen molar-refractivity contribution in [1.29, 1.82) is 0 Å². The van der Waals surface area contributed by atoms with Gasteiger partial charge in [-0.15, -0.1) is 0 Å². The minimum atomic E-state index is -3.62. The summed E-state index contributed by atoms with van der Waals surface area (Å²) < 4.78 is 31.6. The molecule has 220 valence electrons. The first kappa shape index (κ1) is 32.2. The van der Waals surface area contributed by atoms with E-state index in [0.717, 1.165) is 11.8 Å². The van der Waals surface area contributed by atoms with E-state index in [1.807, 2.05) is 37.3 Å². The zero-order valence-electron chi connectivity index (χ0n) is 23.3. The Morgan fingerprint density at radius 3 is 2.15 bits per heavy atom. The molecule has 0 bridgehead atoms. The molecular weight excluding hydrogens is 585 g/mol. The maximum atomic E-state index is 13.8. The van der Waals surface area contributed by atoms with Gasteiger partial charge in [-0.25, -0.2) is 8.42 Å². The largest absolute Gasteiger partial charge is 0.497 e. The highest BCUT2D eigenvalue weighted by Crippen LogP contribution is 2.28. The van der Waals surface area contributed by atoms with Crippen LogP contribution in [0.4, 0.5) is 5.69 Å². The van der Waals surface area contributed by atoms with Crippen molar-refractivity contribution in [3.05, 3.63) is 94.0 Å². The lowest BCUT2D eigenvalue weighted by molar-refractivity contribution is -0.141. The molecule has 0 aliphatic rings. The van der Waals surface area contributed by atoms with E-state index in [0.29, 0.717) is 33.6 Å². The number of rotatable bonds is 14. The molecule has 41 heavy (non-hydrogen) atoms. The lowest BCUT2D eigenvalue weighted by Gasteiger charge is -2.32. The van der Waals surface area contributed by atoms with Gasteiger partial charge in [-0.05, 0) is 55.3 Å². The Bertz CT molecular complexity index is 1400. The average molecular weight is 621 g/mol. The molecule has 0 aromatic heterocycles. The van der Waals surface area contributed by atoms with Crippen molar-refractivity contribution in [2.45, 2.75) is 38.8 Å². The minimum Gasteiger partial charge on any atom is -0.497 e. The molecule has 3 aromatic carbocycles. The molecule has 11 heteroatoms. The van der Waals surface area contributed by atoms with Crippen molar-refractivity contribution in [3.63, 3.8) is 0 Å². The Hall–Kier alpha value is -3.27. The number of nitrogens with zero attached hydrogens (tertiary/aromatic N) is 2. The lowest BCUT2D eigenvalue weighted by Crippen LogP contribution is -2.50. The Morgan fingerprint density at radius 2 is 1.59 bits per heavy atom. The number of sulfonamides is 1. The first-order chi connectivity index (χ1) is 19.5. The molecule has 1 atom stereocenters. The molecule has 0 aliphatic heterocycles. The Morgan fingerprint density at radius 1 is 0.951 bits per heavy atom. The molecule has 0 aliphatic carbocycles. The van der Waals surface area contributed by atoms with E-state index in [1.165, 1.54) is 16.3 Å². The third kappa shape index (κ3) is 9.11. The summed E-state index contributed by atoms with van der Waals surface area (Å²) in [6.07, 6.45) is 1.62. The number of anilines is 1. The first-order valence-corrected chi connectivity index (χ1v) is 15.8. The average Bonchev–Trinajstić information content (AvgIpc) is 2.94. The van der Waals surface area contributed by atoms with E-state index in [1.54, 1.807) is 42.5 Å². The summed E-state index contributed by atoms with van der Waals surface area (Å²) >= 11 is 12.9. The second kappa shape index (κ2) is 15.1. The van der Waals surface area contributed by atoms with Crippen LogP contribution in [0.2, 0.25) is 10.0 Å². The van der Waals surface area contributed by atoms with Crippen LogP contribution in [0.1, 0.15) is 30.9 Å². The number of hydrogen-bond donors (Lipinski definition) is 1. The van der Waals surface area contributed by atoms with Gasteiger partial charge in [-0.1, -0.05) is 59.6 Å². The van der Waals surface area contributed by atoms with Gasteiger partial charge in [0.15, 0.2) is 0 Å². The molecule has 0 unspecified atom stereocenters. The molecule has 3 rings (SSSR count). The summed E-state index contributed by atoms with van der Waals surface area (Å²) in [5, 5.41) is 3.61. The predicted molar refractivity (Wildman–Crippen MR) is 164 cm³/mol. The van der Waals surface area contributed by atoms with Crippen LogP contribution in [0.3, 0.4) is 0 Å². The summed E-state index contributed by atoms with van der Waals surface area (Å²) in [6, 6.07) is 20.3. The van der Waals surface area contributed by atoms with E-state index in [2.05, 4.69) is 5.32 Å². The van der Waals surface area contributed by atoms with E-state index in [-0.39, 0.29) is 44.2 Å². The monoisotopic (exact) mass is 619 g/mol. The minimum absolute atomic E-state index is 0.00502. The van der Waals surface area contributed by atoms with Crippen LogP contribution >= 0.6 is 23.2 Å². The third-order valence-corrected chi connectivity index (χ3v) is 8.43. The predicted octanol–water partition coefficient (Wildman–Crippen LogP) is 5.32. The van der Waals surface area contributed by atoms with Crippen LogP contribution in [0.5, 0.6) is 5.75 Å². The quantitative estimate of drug-likeness (QED) is 0.263. The number of carbonyl (C=O) groups excluding carboxylic acids is 2. The fourth-order valence-electron chi connectivity index (χ4n) is 4.45. The van der Waals surface area contributed by atoms with Crippen LogP contribution in [0.15, 0.2) is 72.8 Å². The van der Waals surface area contributed by atoms with Crippen molar-refractivity contribution in [2.24, 2.45) is 0 Å². The number of benzene rings is 3. The van der Waals surface area contributed by atoms with Gasteiger partial charge in [-0.3, -0.25) is 13.9 Å². The highest BCUT2D eigenvalue weighted by atomic mass is 35.5. The van der Waals surface area contributed by atoms with Crippen molar-refractivity contribution in [1.82, 2.24) is 10.2 Å². The zero-order valence-corrected chi connectivity index (χ0v) is 25.7. The second-order valence-electron chi connectivity index (χ2n) is 9.46. The number of halogens is 2. The first-order valence-electron chi connectivity index (χ1n) is 13.2. The maximum Gasteiger partial charge on any atom is 0.243 e. The normalized spacial score (nSPS) is 11.9. The number of ether oxygens (including phenoxy) is 1. The standard InChI is InChI=1S/C30H35Cl2N3O5S/c1-4-33-30(37)28(20-22-10-6-5-7-11-22)34(21-25-26(31)12-8-13-27(25)32)29(36)14-9-19-35(41(3,38)39)23-15-17-24(40-2)18-16-23/h5-8,10-13,15-18,28H,4,9,14,19-21H2,1-3H3,(H,33,37)/t28-/m0/s1. The molecule has 3 aromatic rings. The third-order valence-electron chi connectivity index (χ3n) is 6.52. The summed E-state index contributed by atoms with van der Waals surface area (Å²) in [7, 11) is -2.09. The van der Waals surface area contributed by atoms with Gasteiger partial charge in [0.05, 0.1) is 19.1 Å². The molecule has 0 spiro atoms. The number of likely N-dealkylation sites (N-methyl/N-ethyl adjacent to an activating group) is 1. The Balaban J connectivity index is 1.89. The fourth-order valence-corrected chi connectivity index (χ4v) is 5.93. The summed E-state index contributed by atoms with van der Waals surface area (Å²) in [5.74, 6) is -0.0266. The number of nitrogens with one attached hydrogen (secondary N) is 1. The molecule has 0 saturated heterocycles. The topological polar surface area (TPSA) is 96.0 Å². The van der Waals surface area contributed by atoms with Gasteiger partial charge in [0.25, 0.3) is 0 Å². The number of hydrogen-bond acceptors (Lipinski definition) is 5. The van der Waals surface area contributed by atoms with E-state index in [4.69, 9.17) is 27.9 Å². The van der Waals surface area contributed by atoms with Crippen molar-refractivity contribution in [2.75, 3.05) is 30.8 Å². The van der Waals surface area contributed by atoms with Crippen molar-refractivity contribution < 1.29 is 22.7 Å². The van der Waals surface area contributed by atoms with Gasteiger partial charge in [0.1, 0.15) is 11.8 Å². The summed E-state index contributed by atoms with van der Waals surface area (Å²) in [5.41, 5.74) is 1.88. The van der Waals surface area contributed by atoms with Crippen LogP contribution in [-0.2, 0) is 32.6 Å². The van der Waals surface area contributed by atoms with Gasteiger partial charge < -0.3 is 15.0 Å². The molecule has 0 radical (unpaired) electrons. The maximum absolute atomic E-state index is 13.8. The molecule has 8 nitrogen and oxygen atoms in total. The highest BCUT2D eigenvalue weighted by Gasteiger charge is 2.31. The molecule has 1 N–H and O–H groups in total. The Kier molecular flexibility index (Phi) is 11.9. The van der Waals surface area contributed by atoms with Gasteiger partial charge >= 0.3 is 0 Å². The van der Waals surface area contributed by atoms with Crippen LogP contribution < -0.4 is 14.4 Å². The molecule has 0 saturated carbocycles. The summed E-state index contributed by atoms with van der Waals surface area (Å²) in [6.45, 7) is 2.29. The van der Waals surface area contributed by atoms with Crippen LogP contribution in [0, 0.1) is 0 Å².